The van der Waals surface area contributed by atoms with E-state index in [0.29, 0.717) is 24.8 Å². The number of nitrogens with zero attached hydrogens (tertiary/aromatic N) is 2. The Kier molecular flexibility index (Phi) is 8.03. The normalized spacial score (nSPS) is 14.7. The maximum absolute atomic E-state index is 12.1. The highest BCUT2D eigenvalue weighted by Gasteiger charge is 2.10. The number of pyridine rings is 1. The van der Waals surface area contributed by atoms with Crippen molar-refractivity contribution in [3.8, 4) is 11.6 Å². The third-order valence-corrected chi connectivity index (χ3v) is 4.38. The topological polar surface area (TPSA) is 72.9 Å². The number of hydrogen-bond donors (Lipinski definition) is 1. The van der Waals surface area contributed by atoms with E-state index >= 15 is 0 Å². The largest absolute Gasteiger partial charge is 0.494 e. The van der Waals surface area contributed by atoms with Crippen LogP contribution in [0.5, 0.6) is 11.6 Å². The van der Waals surface area contributed by atoms with Crippen molar-refractivity contribution < 1.29 is 19.0 Å². The summed E-state index contributed by atoms with van der Waals surface area (Å²) in [7, 11) is 0. The van der Waals surface area contributed by atoms with Crippen LogP contribution >= 0.6 is 0 Å². The molecule has 3 rings (SSSR count). The molecule has 1 aromatic heterocycles. The maximum Gasteiger partial charge on any atom is 0.248 e. The molecule has 1 fully saturated rings. The van der Waals surface area contributed by atoms with Gasteiger partial charge in [-0.25, -0.2) is 4.98 Å². The summed E-state index contributed by atoms with van der Waals surface area (Å²) < 4.78 is 16.4. The predicted molar refractivity (Wildman–Crippen MR) is 112 cm³/mol. The van der Waals surface area contributed by atoms with Crippen LogP contribution in [-0.2, 0) is 9.53 Å². The summed E-state index contributed by atoms with van der Waals surface area (Å²) in [5.74, 6) is 1.13. The minimum atomic E-state index is -0.221. The van der Waals surface area contributed by atoms with Crippen molar-refractivity contribution in [2.75, 3.05) is 51.4 Å². The van der Waals surface area contributed by atoms with Gasteiger partial charge in [-0.2, -0.15) is 0 Å². The summed E-state index contributed by atoms with van der Waals surface area (Å²) >= 11 is 0. The smallest absolute Gasteiger partial charge is 0.248 e. The molecule has 1 aromatic carbocycles. The zero-order valence-electron chi connectivity index (χ0n) is 16.7. The third-order valence-electron chi connectivity index (χ3n) is 4.38. The second-order valence-corrected chi connectivity index (χ2v) is 6.51. The first-order valence-electron chi connectivity index (χ1n) is 9.84. The lowest BCUT2D eigenvalue weighted by Gasteiger charge is -2.26. The number of amides is 1. The molecule has 0 radical (unpaired) electrons. The lowest BCUT2D eigenvalue weighted by molar-refractivity contribution is -0.111. The van der Waals surface area contributed by atoms with Crippen LogP contribution in [0.25, 0.3) is 6.08 Å². The highest BCUT2D eigenvalue weighted by molar-refractivity contribution is 6.01. The van der Waals surface area contributed by atoms with Gasteiger partial charge < -0.3 is 19.5 Å². The molecule has 1 aliphatic rings. The Balaban J connectivity index is 1.41. The molecule has 2 heterocycles. The minimum absolute atomic E-state index is 0.221. The summed E-state index contributed by atoms with van der Waals surface area (Å²) in [5, 5.41) is 2.79. The Morgan fingerprint density at radius 2 is 1.97 bits per heavy atom. The number of hydrogen-bond acceptors (Lipinski definition) is 6. The summed E-state index contributed by atoms with van der Waals surface area (Å²) in [6.07, 6.45) is 4.83. The van der Waals surface area contributed by atoms with Crippen molar-refractivity contribution in [2.24, 2.45) is 0 Å². The molecule has 1 amide bonds. The van der Waals surface area contributed by atoms with Crippen LogP contribution in [0.4, 0.5) is 5.69 Å². The molecule has 0 atom stereocenters. The van der Waals surface area contributed by atoms with Gasteiger partial charge >= 0.3 is 0 Å². The number of nitrogens with one attached hydrogen (secondary N) is 1. The van der Waals surface area contributed by atoms with Gasteiger partial charge in [-0.05, 0) is 36.8 Å². The van der Waals surface area contributed by atoms with Crippen molar-refractivity contribution in [3.63, 3.8) is 0 Å². The molecule has 0 aliphatic carbocycles. The lowest BCUT2D eigenvalue weighted by atomic mass is 10.2. The number of carbonyl (C=O) groups is 1. The number of ether oxygens (including phenoxy) is 3. The standard InChI is InChI=1S/C22H27N3O4/c1-2-28-20-7-3-18(4-8-20)5-9-21(26)24-19-6-10-22(23-17-19)29-16-13-25-11-14-27-15-12-25/h3-10,17H,2,11-16H2,1H3,(H,24,26)/b9-5+. The highest BCUT2D eigenvalue weighted by atomic mass is 16.5. The molecule has 0 spiro atoms. The molecule has 0 unspecified atom stereocenters. The SMILES string of the molecule is CCOc1ccc(/C=C/C(=O)Nc2ccc(OCCN3CCOCC3)nc2)cc1. The van der Waals surface area contributed by atoms with E-state index in [1.807, 2.05) is 31.2 Å². The molecular weight excluding hydrogens is 370 g/mol. The number of anilines is 1. The monoisotopic (exact) mass is 397 g/mol. The first kappa shape index (κ1) is 20.8. The second kappa shape index (κ2) is 11.2. The summed E-state index contributed by atoms with van der Waals surface area (Å²) in [5.41, 5.74) is 1.54. The Bertz CT molecular complexity index is 785. The van der Waals surface area contributed by atoms with Crippen LogP contribution in [0, 0.1) is 0 Å². The fourth-order valence-electron chi connectivity index (χ4n) is 2.84. The lowest BCUT2D eigenvalue weighted by Crippen LogP contribution is -2.38. The molecule has 29 heavy (non-hydrogen) atoms. The third kappa shape index (κ3) is 7.21. The van der Waals surface area contributed by atoms with Gasteiger partial charge in [-0.3, -0.25) is 9.69 Å². The molecule has 2 aromatic rings. The maximum atomic E-state index is 12.1. The van der Waals surface area contributed by atoms with Gasteiger partial charge in [-0.15, -0.1) is 0 Å². The zero-order valence-corrected chi connectivity index (χ0v) is 16.7. The Labute approximate surface area is 171 Å². The van der Waals surface area contributed by atoms with Crippen LogP contribution in [0.3, 0.4) is 0 Å². The van der Waals surface area contributed by atoms with E-state index in [2.05, 4.69) is 15.2 Å². The molecule has 154 valence electrons. The van der Waals surface area contributed by atoms with Gasteiger partial charge in [-0.1, -0.05) is 12.1 Å². The first-order chi connectivity index (χ1) is 14.2. The van der Waals surface area contributed by atoms with Gasteiger partial charge in [0.25, 0.3) is 0 Å². The van der Waals surface area contributed by atoms with Gasteiger partial charge in [0.15, 0.2) is 0 Å². The van der Waals surface area contributed by atoms with E-state index in [4.69, 9.17) is 14.2 Å². The quantitative estimate of drug-likeness (QED) is 0.656. The van der Waals surface area contributed by atoms with Crippen LogP contribution in [0.2, 0.25) is 0 Å². The molecule has 7 heteroatoms. The molecule has 0 saturated carbocycles. The van der Waals surface area contributed by atoms with E-state index in [1.165, 1.54) is 6.08 Å². The molecule has 1 saturated heterocycles. The van der Waals surface area contributed by atoms with Crippen molar-refractivity contribution >= 4 is 17.7 Å². The summed E-state index contributed by atoms with van der Waals surface area (Å²) in [6.45, 7) is 7.42. The van der Waals surface area contributed by atoms with Crippen molar-refractivity contribution in [1.29, 1.82) is 0 Å². The number of morpholine rings is 1. The molecular formula is C22H27N3O4. The molecule has 0 bridgehead atoms. The number of rotatable bonds is 9. The van der Waals surface area contributed by atoms with E-state index in [0.717, 1.165) is 44.2 Å². The number of benzene rings is 1. The zero-order chi connectivity index (χ0) is 20.3. The van der Waals surface area contributed by atoms with Crippen LogP contribution in [0.1, 0.15) is 12.5 Å². The summed E-state index contributed by atoms with van der Waals surface area (Å²) in [4.78, 5) is 18.6. The van der Waals surface area contributed by atoms with Gasteiger partial charge in [0.05, 0.1) is 31.7 Å². The fraction of sp³-hybridized carbons (Fsp3) is 0.364. The van der Waals surface area contributed by atoms with Crippen LogP contribution < -0.4 is 14.8 Å². The molecule has 1 aliphatic heterocycles. The highest BCUT2D eigenvalue weighted by Crippen LogP contribution is 2.14. The van der Waals surface area contributed by atoms with Crippen LogP contribution in [0.15, 0.2) is 48.7 Å². The predicted octanol–water partition coefficient (Wildman–Crippen LogP) is 2.84. The number of carbonyl (C=O) groups excluding carboxylic acids is 1. The van der Waals surface area contributed by atoms with E-state index in [9.17, 15) is 4.79 Å². The molecule has 7 nitrogen and oxygen atoms in total. The van der Waals surface area contributed by atoms with Crippen LogP contribution in [-0.4, -0.2) is 61.9 Å². The minimum Gasteiger partial charge on any atom is -0.494 e. The summed E-state index contributed by atoms with van der Waals surface area (Å²) in [6, 6.07) is 11.1. The van der Waals surface area contributed by atoms with Gasteiger partial charge in [0.2, 0.25) is 11.8 Å². The van der Waals surface area contributed by atoms with E-state index in [-0.39, 0.29) is 5.91 Å². The van der Waals surface area contributed by atoms with E-state index in [1.54, 1.807) is 24.4 Å². The average Bonchev–Trinajstić information content (AvgIpc) is 2.75. The molecule has 1 N–H and O–H groups in total. The Hall–Kier alpha value is -2.90. The van der Waals surface area contributed by atoms with Gasteiger partial charge in [0.1, 0.15) is 12.4 Å². The fourth-order valence-corrected chi connectivity index (χ4v) is 2.84. The number of aromatic nitrogens is 1. The average molecular weight is 397 g/mol. The first-order valence-corrected chi connectivity index (χ1v) is 9.84. The second-order valence-electron chi connectivity index (χ2n) is 6.51. The van der Waals surface area contributed by atoms with Gasteiger partial charge in [0, 0.05) is 31.8 Å². The van der Waals surface area contributed by atoms with Crippen molar-refractivity contribution in [3.05, 3.63) is 54.2 Å². The Morgan fingerprint density at radius 1 is 1.17 bits per heavy atom. The van der Waals surface area contributed by atoms with Crippen molar-refractivity contribution in [2.45, 2.75) is 6.92 Å². The van der Waals surface area contributed by atoms with Crippen molar-refractivity contribution in [1.82, 2.24) is 9.88 Å². The van der Waals surface area contributed by atoms with E-state index < -0.39 is 0 Å². The Morgan fingerprint density at radius 3 is 2.66 bits per heavy atom.